The molecule has 0 saturated carbocycles. The molecule has 0 bridgehead atoms. The highest BCUT2D eigenvalue weighted by Crippen LogP contribution is 2.31. The molecule has 0 saturated heterocycles. The normalized spacial score (nSPS) is 11.7. The molecule has 0 atom stereocenters. The Bertz CT molecular complexity index is 1120. The molecule has 0 amide bonds. The maximum atomic E-state index is 12.2. The second kappa shape index (κ2) is 3.76. The van der Waals surface area contributed by atoms with Crippen molar-refractivity contribution in [1.29, 1.82) is 0 Å². The number of hydrogen-bond donors (Lipinski definition) is 1. The van der Waals surface area contributed by atoms with Crippen molar-refractivity contribution >= 4 is 27.3 Å². The summed E-state index contributed by atoms with van der Waals surface area (Å²) in [6, 6.07) is 9.09. The van der Waals surface area contributed by atoms with Crippen LogP contribution in [0.15, 0.2) is 46.0 Å². The van der Waals surface area contributed by atoms with Crippen molar-refractivity contribution in [2.45, 2.75) is 0 Å². The van der Waals surface area contributed by atoms with Crippen LogP contribution in [0.3, 0.4) is 0 Å². The maximum Gasteiger partial charge on any atom is 0.284 e. The molecule has 104 valence electrons. The molecule has 0 aliphatic carbocycles. The standard InChI is InChI=1S/C15H10N2O4/c1-21-17-12-4-5-13(19)16-11-3-2-8(18)6-9(11)10(15(12)16)7-14(17)20/h2-7,18H,1H3. The van der Waals surface area contributed by atoms with Gasteiger partial charge in [0.25, 0.3) is 11.1 Å². The third-order valence-electron chi connectivity index (χ3n) is 3.71. The van der Waals surface area contributed by atoms with Crippen molar-refractivity contribution in [2.75, 3.05) is 7.11 Å². The molecule has 4 rings (SSSR count). The first-order valence-corrected chi connectivity index (χ1v) is 6.32. The second-order valence-electron chi connectivity index (χ2n) is 4.82. The molecular weight excluding hydrogens is 272 g/mol. The van der Waals surface area contributed by atoms with Crippen LogP contribution in [-0.4, -0.2) is 21.3 Å². The third kappa shape index (κ3) is 1.36. The summed E-state index contributed by atoms with van der Waals surface area (Å²) in [5, 5.41) is 10.9. The number of fused-ring (bicyclic) bond motifs is 3. The summed E-state index contributed by atoms with van der Waals surface area (Å²) in [7, 11) is 1.40. The highest BCUT2D eigenvalue weighted by Gasteiger charge is 2.17. The lowest BCUT2D eigenvalue weighted by atomic mass is 10.1. The Kier molecular flexibility index (Phi) is 2.11. The summed E-state index contributed by atoms with van der Waals surface area (Å²) in [5.74, 6) is 0.0821. The molecule has 3 heterocycles. The first kappa shape index (κ1) is 11.8. The number of rotatable bonds is 1. The summed E-state index contributed by atoms with van der Waals surface area (Å²) in [5.41, 5.74) is 1.22. The molecule has 3 aromatic heterocycles. The van der Waals surface area contributed by atoms with Crippen LogP contribution in [0.5, 0.6) is 5.75 Å². The van der Waals surface area contributed by atoms with Crippen LogP contribution < -0.4 is 16.0 Å². The number of phenols is 1. The fourth-order valence-electron chi connectivity index (χ4n) is 2.89. The number of aromatic nitrogens is 2. The van der Waals surface area contributed by atoms with E-state index in [2.05, 4.69) is 0 Å². The van der Waals surface area contributed by atoms with Crippen molar-refractivity contribution in [3.8, 4) is 5.75 Å². The SMILES string of the molecule is COn1c(=O)cc2c3cc(O)ccc3n3c(=O)ccc1c23. The Morgan fingerprint density at radius 1 is 0.952 bits per heavy atom. The number of phenolic OH excluding ortho intramolecular Hbond substituents is 1. The molecule has 1 N–H and O–H groups in total. The molecule has 0 fully saturated rings. The molecule has 0 unspecified atom stereocenters. The van der Waals surface area contributed by atoms with E-state index < -0.39 is 0 Å². The monoisotopic (exact) mass is 282 g/mol. The van der Waals surface area contributed by atoms with Gasteiger partial charge in [-0.3, -0.25) is 14.0 Å². The van der Waals surface area contributed by atoms with Gasteiger partial charge in [-0.2, -0.15) is 0 Å². The predicted molar refractivity (Wildman–Crippen MR) is 78.3 cm³/mol. The van der Waals surface area contributed by atoms with Crippen molar-refractivity contribution in [3.05, 3.63) is 57.1 Å². The van der Waals surface area contributed by atoms with Crippen LogP contribution >= 0.6 is 0 Å². The average molecular weight is 282 g/mol. The molecular formula is C15H10N2O4. The number of hydrogen-bond acceptors (Lipinski definition) is 4. The molecule has 0 aliphatic heterocycles. The molecule has 1 aromatic carbocycles. The summed E-state index contributed by atoms with van der Waals surface area (Å²) in [6.45, 7) is 0. The Labute approximate surface area is 117 Å². The third-order valence-corrected chi connectivity index (χ3v) is 3.71. The molecule has 0 spiro atoms. The van der Waals surface area contributed by atoms with Gasteiger partial charge in [-0.05, 0) is 24.3 Å². The zero-order valence-electron chi connectivity index (χ0n) is 11.0. The summed E-state index contributed by atoms with van der Waals surface area (Å²) in [4.78, 5) is 29.4. The molecule has 0 aliphatic rings. The van der Waals surface area contributed by atoms with Gasteiger partial charge in [0.2, 0.25) is 0 Å². The first-order valence-electron chi connectivity index (χ1n) is 6.32. The van der Waals surface area contributed by atoms with E-state index in [4.69, 9.17) is 4.84 Å². The topological polar surface area (TPSA) is 72.9 Å². The zero-order chi connectivity index (χ0) is 14.7. The zero-order valence-corrected chi connectivity index (χ0v) is 11.0. The van der Waals surface area contributed by atoms with Crippen LogP contribution in [0.25, 0.3) is 27.3 Å². The van der Waals surface area contributed by atoms with Crippen LogP contribution in [0.4, 0.5) is 0 Å². The van der Waals surface area contributed by atoms with Crippen LogP contribution in [0.2, 0.25) is 0 Å². The minimum absolute atomic E-state index is 0.0821. The minimum Gasteiger partial charge on any atom is -0.508 e. The Balaban J connectivity index is 2.47. The fourth-order valence-corrected chi connectivity index (χ4v) is 2.89. The van der Waals surface area contributed by atoms with Gasteiger partial charge < -0.3 is 9.94 Å². The van der Waals surface area contributed by atoms with Gasteiger partial charge in [0, 0.05) is 22.9 Å². The van der Waals surface area contributed by atoms with Crippen LogP contribution in [0.1, 0.15) is 0 Å². The van der Waals surface area contributed by atoms with E-state index in [1.54, 1.807) is 18.2 Å². The van der Waals surface area contributed by atoms with Crippen molar-refractivity contribution in [1.82, 2.24) is 9.13 Å². The molecule has 0 radical (unpaired) electrons. The lowest BCUT2D eigenvalue weighted by molar-refractivity contribution is 0.169. The summed E-state index contributed by atoms with van der Waals surface area (Å²) >= 11 is 0. The van der Waals surface area contributed by atoms with E-state index in [0.29, 0.717) is 27.3 Å². The molecule has 6 nitrogen and oxygen atoms in total. The summed E-state index contributed by atoms with van der Waals surface area (Å²) in [6.07, 6.45) is 0. The Morgan fingerprint density at radius 2 is 1.71 bits per heavy atom. The van der Waals surface area contributed by atoms with Crippen LogP contribution in [-0.2, 0) is 0 Å². The molecule has 4 aromatic rings. The highest BCUT2D eigenvalue weighted by atomic mass is 16.6. The minimum atomic E-state index is -0.332. The number of benzene rings is 1. The van der Waals surface area contributed by atoms with Gasteiger partial charge >= 0.3 is 0 Å². The number of nitrogens with zero attached hydrogens (tertiary/aromatic N) is 2. The van der Waals surface area contributed by atoms with E-state index in [1.807, 2.05) is 0 Å². The van der Waals surface area contributed by atoms with E-state index >= 15 is 0 Å². The van der Waals surface area contributed by atoms with E-state index in [9.17, 15) is 14.7 Å². The second-order valence-corrected chi connectivity index (χ2v) is 4.82. The number of pyridine rings is 2. The quantitative estimate of drug-likeness (QED) is 0.564. The van der Waals surface area contributed by atoms with Crippen molar-refractivity contribution in [2.24, 2.45) is 0 Å². The lowest BCUT2D eigenvalue weighted by Crippen LogP contribution is -2.25. The molecule has 6 heteroatoms. The lowest BCUT2D eigenvalue weighted by Gasteiger charge is -2.07. The van der Waals surface area contributed by atoms with Gasteiger partial charge in [0.1, 0.15) is 18.4 Å². The van der Waals surface area contributed by atoms with E-state index in [-0.39, 0.29) is 16.9 Å². The van der Waals surface area contributed by atoms with E-state index in [1.165, 1.54) is 29.7 Å². The Hall–Kier alpha value is -3.02. The van der Waals surface area contributed by atoms with Gasteiger partial charge in [0.05, 0.1) is 11.0 Å². The van der Waals surface area contributed by atoms with Crippen molar-refractivity contribution in [3.63, 3.8) is 0 Å². The fraction of sp³-hybridized carbons (Fsp3) is 0.0667. The summed E-state index contributed by atoms with van der Waals surface area (Å²) < 4.78 is 2.66. The molecule has 21 heavy (non-hydrogen) atoms. The maximum absolute atomic E-state index is 12.2. The average Bonchev–Trinajstić information content (AvgIpc) is 2.78. The van der Waals surface area contributed by atoms with E-state index in [0.717, 1.165) is 4.73 Å². The van der Waals surface area contributed by atoms with Gasteiger partial charge in [0.15, 0.2) is 0 Å². The van der Waals surface area contributed by atoms with Gasteiger partial charge in [-0.25, -0.2) is 0 Å². The smallest absolute Gasteiger partial charge is 0.284 e. The van der Waals surface area contributed by atoms with Gasteiger partial charge in [-0.15, -0.1) is 4.73 Å². The van der Waals surface area contributed by atoms with Crippen LogP contribution in [0, 0.1) is 0 Å². The first-order chi connectivity index (χ1) is 10.1. The van der Waals surface area contributed by atoms with Crippen molar-refractivity contribution < 1.29 is 9.94 Å². The predicted octanol–water partition coefficient (Wildman–Crippen LogP) is 0.969. The van der Waals surface area contributed by atoms with Gasteiger partial charge in [-0.1, -0.05) is 0 Å². The Morgan fingerprint density at radius 3 is 2.48 bits per heavy atom. The largest absolute Gasteiger partial charge is 0.508 e. The highest BCUT2D eigenvalue weighted by molar-refractivity contribution is 6.13. The number of aromatic hydroxyl groups is 1.